The zero-order chi connectivity index (χ0) is 26.5. The molecule has 0 saturated carbocycles. The van der Waals surface area contributed by atoms with E-state index in [0.29, 0.717) is 19.6 Å². The second-order valence-corrected chi connectivity index (χ2v) is 9.93. The minimum absolute atomic E-state index is 0.0956. The SMILES string of the molecule is CCOc1ccc([C@@H](CC(=O)N2CCN(CC)CC2)c2cn(Cc3ccc(F)cc3)c3ccccc23)cc1. The van der Waals surface area contributed by atoms with Gasteiger partial charge in [0.05, 0.1) is 6.61 Å². The van der Waals surface area contributed by atoms with E-state index in [-0.39, 0.29) is 17.6 Å². The fraction of sp³-hybridized carbons (Fsp3) is 0.344. The van der Waals surface area contributed by atoms with E-state index >= 15 is 0 Å². The van der Waals surface area contributed by atoms with Crippen molar-refractivity contribution in [2.24, 2.45) is 0 Å². The highest BCUT2D eigenvalue weighted by atomic mass is 19.1. The van der Waals surface area contributed by atoms with Crippen LogP contribution in [0.25, 0.3) is 10.9 Å². The number of rotatable bonds is 9. The van der Waals surface area contributed by atoms with E-state index in [1.54, 1.807) is 0 Å². The molecule has 1 amide bonds. The van der Waals surface area contributed by atoms with Crippen LogP contribution in [0.15, 0.2) is 79.0 Å². The van der Waals surface area contributed by atoms with Crippen LogP contribution in [0.5, 0.6) is 5.75 Å². The molecule has 0 unspecified atom stereocenters. The average Bonchev–Trinajstić information content (AvgIpc) is 3.31. The summed E-state index contributed by atoms with van der Waals surface area (Å²) in [4.78, 5) is 18.0. The minimum Gasteiger partial charge on any atom is -0.494 e. The van der Waals surface area contributed by atoms with Gasteiger partial charge in [-0.2, -0.15) is 0 Å². The van der Waals surface area contributed by atoms with E-state index in [1.807, 2.05) is 42.2 Å². The number of likely N-dealkylation sites (N-methyl/N-ethyl adjacent to an activating group) is 1. The number of ether oxygens (including phenoxy) is 1. The van der Waals surface area contributed by atoms with Gasteiger partial charge in [0.15, 0.2) is 0 Å². The zero-order valence-electron chi connectivity index (χ0n) is 22.3. The van der Waals surface area contributed by atoms with Gasteiger partial charge in [-0.15, -0.1) is 0 Å². The second-order valence-electron chi connectivity index (χ2n) is 9.93. The van der Waals surface area contributed by atoms with Crippen molar-refractivity contribution in [3.8, 4) is 5.75 Å². The predicted molar refractivity (Wildman–Crippen MR) is 150 cm³/mol. The highest BCUT2D eigenvalue weighted by molar-refractivity contribution is 5.87. The molecule has 1 aromatic heterocycles. The molecule has 0 spiro atoms. The molecule has 1 aliphatic rings. The first-order valence-corrected chi connectivity index (χ1v) is 13.6. The van der Waals surface area contributed by atoms with Crippen molar-refractivity contribution in [3.05, 3.63) is 102 Å². The molecule has 0 radical (unpaired) electrons. The van der Waals surface area contributed by atoms with Gasteiger partial charge in [-0.05, 0) is 60.5 Å². The molecule has 0 N–H and O–H groups in total. The van der Waals surface area contributed by atoms with E-state index in [2.05, 4.69) is 52.9 Å². The van der Waals surface area contributed by atoms with Gasteiger partial charge < -0.3 is 19.1 Å². The number of halogens is 1. The van der Waals surface area contributed by atoms with Gasteiger partial charge in [-0.1, -0.05) is 49.4 Å². The molecule has 1 aliphatic heterocycles. The van der Waals surface area contributed by atoms with Crippen LogP contribution in [0.4, 0.5) is 4.39 Å². The Labute approximate surface area is 224 Å². The lowest BCUT2D eigenvalue weighted by atomic mass is 9.87. The molecule has 0 bridgehead atoms. The fourth-order valence-corrected chi connectivity index (χ4v) is 5.46. The summed E-state index contributed by atoms with van der Waals surface area (Å²) in [5, 5.41) is 1.14. The molecule has 4 aromatic rings. The third-order valence-corrected chi connectivity index (χ3v) is 7.61. The molecular formula is C32H36FN3O2. The first-order chi connectivity index (χ1) is 18.6. The van der Waals surface area contributed by atoms with Crippen LogP contribution >= 0.6 is 0 Å². The first-order valence-electron chi connectivity index (χ1n) is 13.6. The van der Waals surface area contributed by atoms with Crippen molar-refractivity contribution < 1.29 is 13.9 Å². The van der Waals surface area contributed by atoms with E-state index < -0.39 is 0 Å². The molecule has 2 heterocycles. The molecule has 5 nitrogen and oxygen atoms in total. The Balaban J connectivity index is 1.50. The third kappa shape index (κ3) is 5.76. The summed E-state index contributed by atoms with van der Waals surface area (Å²) >= 11 is 0. The number of nitrogens with zero attached hydrogens (tertiary/aromatic N) is 3. The van der Waals surface area contributed by atoms with Crippen molar-refractivity contribution in [1.82, 2.24) is 14.4 Å². The fourth-order valence-electron chi connectivity index (χ4n) is 5.46. The normalized spacial score (nSPS) is 15.1. The smallest absolute Gasteiger partial charge is 0.223 e. The number of piperazine rings is 1. The van der Waals surface area contributed by atoms with Crippen LogP contribution in [0, 0.1) is 5.82 Å². The summed E-state index contributed by atoms with van der Waals surface area (Å²) in [5.74, 6) is 0.688. The third-order valence-electron chi connectivity index (χ3n) is 7.61. The van der Waals surface area contributed by atoms with Crippen molar-refractivity contribution in [1.29, 1.82) is 0 Å². The topological polar surface area (TPSA) is 37.7 Å². The summed E-state index contributed by atoms with van der Waals surface area (Å²) in [6.45, 7) is 9.80. The molecule has 38 heavy (non-hydrogen) atoms. The Morgan fingerprint density at radius 2 is 1.63 bits per heavy atom. The van der Waals surface area contributed by atoms with Crippen molar-refractivity contribution in [2.45, 2.75) is 32.7 Å². The van der Waals surface area contributed by atoms with Crippen LogP contribution in [0.2, 0.25) is 0 Å². The minimum atomic E-state index is -0.236. The second kappa shape index (κ2) is 11.8. The molecular weight excluding hydrogens is 477 g/mol. The molecule has 5 rings (SSSR count). The zero-order valence-corrected chi connectivity index (χ0v) is 22.3. The van der Waals surface area contributed by atoms with Gasteiger partial charge in [-0.3, -0.25) is 4.79 Å². The van der Waals surface area contributed by atoms with Gasteiger partial charge in [0.1, 0.15) is 11.6 Å². The number of benzene rings is 3. The standard InChI is InChI=1S/C32H36FN3O2/c1-3-34-17-19-35(20-18-34)32(37)21-29(25-11-15-27(16-12-25)38-4-2)30-23-36(31-8-6-5-7-28(30)31)22-24-9-13-26(33)14-10-24/h5-16,23,29H,3-4,17-22H2,1-2H3/t29-/m1/s1. The molecule has 1 fully saturated rings. The van der Waals surface area contributed by atoms with Crippen molar-refractivity contribution in [3.63, 3.8) is 0 Å². The number of para-hydroxylation sites is 1. The number of carbonyl (C=O) groups excluding carboxylic acids is 1. The van der Waals surface area contributed by atoms with Gasteiger partial charge in [0, 0.05) is 62.2 Å². The number of amides is 1. The maximum atomic E-state index is 13.6. The highest BCUT2D eigenvalue weighted by Gasteiger charge is 2.27. The monoisotopic (exact) mass is 513 g/mol. The molecule has 6 heteroatoms. The van der Waals surface area contributed by atoms with E-state index in [0.717, 1.165) is 66.1 Å². The van der Waals surface area contributed by atoms with E-state index in [1.165, 1.54) is 12.1 Å². The largest absolute Gasteiger partial charge is 0.494 e. The number of fused-ring (bicyclic) bond motifs is 1. The van der Waals surface area contributed by atoms with Gasteiger partial charge >= 0.3 is 0 Å². The number of hydrogen-bond donors (Lipinski definition) is 0. The van der Waals surface area contributed by atoms with E-state index in [4.69, 9.17) is 4.74 Å². The average molecular weight is 514 g/mol. The lowest BCUT2D eigenvalue weighted by molar-refractivity contribution is -0.133. The lowest BCUT2D eigenvalue weighted by Crippen LogP contribution is -2.48. The van der Waals surface area contributed by atoms with Crippen LogP contribution < -0.4 is 4.74 Å². The van der Waals surface area contributed by atoms with E-state index in [9.17, 15) is 9.18 Å². The van der Waals surface area contributed by atoms with Crippen molar-refractivity contribution in [2.75, 3.05) is 39.3 Å². The van der Waals surface area contributed by atoms with Crippen LogP contribution in [-0.4, -0.2) is 59.6 Å². The van der Waals surface area contributed by atoms with Gasteiger partial charge in [0.25, 0.3) is 0 Å². The van der Waals surface area contributed by atoms with Crippen LogP contribution in [0.1, 0.15) is 42.9 Å². The first kappa shape index (κ1) is 26.0. The molecule has 3 aromatic carbocycles. The summed E-state index contributed by atoms with van der Waals surface area (Å²) in [7, 11) is 0. The Bertz CT molecular complexity index is 1360. The lowest BCUT2D eigenvalue weighted by Gasteiger charge is -2.35. The number of carbonyl (C=O) groups is 1. The summed E-state index contributed by atoms with van der Waals surface area (Å²) in [5.41, 5.74) is 4.36. The number of aromatic nitrogens is 1. The maximum Gasteiger partial charge on any atom is 0.223 e. The quantitative estimate of drug-likeness (QED) is 0.279. The highest BCUT2D eigenvalue weighted by Crippen LogP contribution is 2.36. The summed E-state index contributed by atoms with van der Waals surface area (Å²) in [6, 6.07) is 23.2. The number of hydrogen-bond acceptors (Lipinski definition) is 3. The van der Waals surface area contributed by atoms with Gasteiger partial charge in [0.2, 0.25) is 5.91 Å². The molecule has 0 aliphatic carbocycles. The predicted octanol–water partition coefficient (Wildman–Crippen LogP) is 5.91. The molecule has 198 valence electrons. The Kier molecular flexibility index (Phi) is 8.08. The Morgan fingerprint density at radius 3 is 2.32 bits per heavy atom. The van der Waals surface area contributed by atoms with Crippen LogP contribution in [-0.2, 0) is 11.3 Å². The Hall–Kier alpha value is -3.64. The molecule has 1 atom stereocenters. The summed E-state index contributed by atoms with van der Waals surface area (Å²) < 4.78 is 21.4. The Morgan fingerprint density at radius 1 is 0.921 bits per heavy atom. The van der Waals surface area contributed by atoms with Crippen molar-refractivity contribution >= 4 is 16.8 Å². The molecule has 1 saturated heterocycles. The summed E-state index contributed by atoms with van der Waals surface area (Å²) in [6.07, 6.45) is 2.59. The van der Waals surface area contributed by atoms with Crippen LogP contribution in [0.3, 0.4) is 0 Å². The van der Waals surface area contributed by atoms with Gasteiger partial charge in [-0.25, -0.2) is 4.39 Å². The maximum absolute atomic E-state index is 13.6.